The van der Waals surface area contributed by atoms with Crippen molar-refractivity contribution in [2.24, 2.45) is 5.92 Å². The van der Waals surface area contributed by atoms with Gasteiger partial charge in [0.05, 0.1) is 10.1 Å². The summed E-state index contributed by atoms with van der Waals surface area (Å²) >= 11 is 0. The fourth-order valence-corrected chi connectivity index (χ4v) is 5.15. The Morgan fingerprint density at radius 2 is 1.90 bits per heavy atom. The molecule has 2 rings (SSSR count). The van der Waals surface area contributed by atoms with Crippen LogP contribution in [0.15, 0.2) is 29.2 Å². The summed E-state index contributed by atoms with van der Waals surface area (Å²) in [6, 6.07) is 5.18. The van der Waals surface area contributed by atoms with Crippen LogP contribution in [0.5, 0.6) is 0 Å². The Morgan fingerprint density at radius 3 is 2.52 bits per heavy atom. The molecule has 1 fully saturated rings. The lowest BCUT2D eigenvalue weighted by Crippen LogP contribution is -2.48. The van der Waals surface area contributed by atoms with E-state index in [1.807, 2.05) is 0 Å². The zero-order valence-electron chi connectivity index (χ0n) is 12.7. The van der Waals surface area contributed by atoms with Crippen molar-refractivity contribution < 1.29 is 12.8 Å². The molecule has 118 valence electrons. The molecule has 0 bridgehead atoms. The van der Waals surface area contributed by atoms with E-state index < -0.39 is 20.9 Å². The molecule has 1 aliphatic carbocycles. The van der Waals surface area contributed by atoms with E-state index in [4.69, 9.17) is 0 Å². The van der Waals surface area contributed by atoms with Gasteiger partial charge in [0.15, 0.2) is 9.84 Å². The van der Waals surface area contributed by atoms with Gasteiger partial charge in [-0.2, -0.15) is 0 Å². The van der Waals surface area contributed by atoms with Gasteiger partial charge < -0.3 is 5.32 Å². The summed E-state index contributed by atoms with van der Waals surface area (Å²) in [5.41, 5.74) is 0. The molecule has 0 radical (unpaired) electrons. The number of benzene rings is 1. The van der Waals surface area contributed by atoms with Crippen LogP contribution in [0.2, 0.25) is 0 Å². The van der Waals surface area contributed by atoms with E-state index >= 15 is 0 Å². The minimum absolute atomic E-state index is 0.00352. The van der Waals surface area contributed by atoms with Crippen molar-refractivity contribution in [1.82, 2.24) is 5.32 Å². The molecule has 5 heteroatoms. The van der Waals surface area contributed by atoms with Crippen LogP contribution in [-0.4, -0.2) is 26.3 Å². The first-order valence-corrected chi connectivity index (χ1v) is 9.22. The lowest BCUT2D eigenvalue weighted by molar-refractivity contribution is 0.308. The van der Waals surface area contributed by atoms with Gasteiger partial charge in [0.25, 0.3) is 0 Å². The number of nitrogens with one attached hydrogen (secondary N) is 1. The first kappa shape index (κ1) is 16.4. The predicted octanol–water partition coefficient (Wildman–Crippen LogP) is 3.16. The van der Waals surface area contributed by atoms with Crippen molar-refractivity contribution in [2.45, 2.75) is 55.7 Å². The van der Waals surface area contributed by atoms with Crippen molar-refractivity contribution in [3.63, 3.8) is 0 Å². The fraction of sp³-hybridized carbons (Fsp3) is 0.625. The van der Waals surface area contributed by atoms with Crippen molar-refractivity contribution in [3.05, 3.63) is 30.1 Å². The molecule has 0 aromatic heterocycles. The number of hydrogen-bond donors (Lipinski definition) is 1. The summed E-state index contributed by atoms with van der Waals surface area (Å²) < 4.78 is 38.7. The summed E-state index contributed by atoms with van der Waals surface area (Å²) in [7, 11) is -3.42. The second-order valence-corrected chi connectivity index (χ2v) is 8.18. The highest BCUT2D eigenvalue weighted by molar-refractivity contribution is 7.92. The third-order valence-corrected chi connectivity index (χ3v) is 6.50. The average Bonchev–Trinajstić information content (AvgIpc) is 2.46. The Bertz CT molecular complexity index is 554. The van der Waals surface area contributed by atoms with Gasteiger partial charge in [0.2, 0.25) is 0 Å². The van der Waals surface area contributed by atoms with Crippen molar-refractivity contribution >= 4 is 9.84 Å². The van der Waals surface area contributed by atoms with Crippen LogP contribution < -0.4 is 5.32 Å². The molecule has 0 spiro atoms. The summed E-state index contributed by atoms with van der Waals surface area (Å²) in [5.74, 6) is -0.00322. The van der Waals surface area contributed by atoms with E-state index in [9.17, 15) is 12.8 Å². The highest BCUT2D eigenvalue weighted by Gasteiger charge is 2.38. The summed E-state index contributed by atoms with van der Waals surface area (Å²) in [6.07, 6.45) is 3.58. The van der Waals surface area contributed by atoms with Gasteiger partial charge in [0.1, 0.15) is 5.82 Å². The molecular formula is C16H24FNO2S. The molecule has 1 aromatic rings. The highest BCUT2D eigenvalue weighted by Crippen LogP contribution is 2.32. The van der Waals surface area contributed by atoms with Crippen LogP contribution in [0.1, 0.15) is 39.5 Å². The van der Waals surface area contributed by atoms with Crippen LogP contribution in [0.25, 0.3) is 0 Å². The van der Waals surface area contributed by atoms with Gasteiger partial charge in [-0.05, 0) is 62.4 Å². The SMILES string of the molecule is CCCNC1CCC(C)CC1S(=O)(=O)c1ccc(F)cc1. The van der Waals surface area contributed by atoms with Crippen LogP contribution >= 0.6 is 0 Å². The third-order valence-electron chi connectivity index (χ3n) is 4.25. The Morgan fingerprint density at radius 1 is 1.24 bits per heavy atom. The molecule has 1 aliphatic rings. The maximum atomic E-state index is 13.0. The summed E-state index contributed by atoms with van der Waals surface area (Å²) in [4.78, 5) is 0.228. The Kier molecular flexibility index (Phi) is 5.38. The molecule has 0 amide bonds. The molecule has 0 aliphatic heterocycles. The van der Waals surface area contributed by atoms with Gasteiger partial charge >= 0.3 is 0 Å². The molecule has 3 nitrogen and oxygen atoms in total. The van der Waals surface area contributed by atoms with Crippen LogP contribution in [0, 0.1) is 11.7 Å². The molecule has 1 N–H and O–H groups in total. The van der Waals surface area contributed by atoms with Crippen LogP contribution in [0.4, 0.5) is 4.39 Å². The van der Waals surface area contributed by atoms with Gasteiger partial charge in [-0.25, -0.2) is 12.8 Å². The lowest BCUT2D eigenvalue weighted by Gasteiger charge is -2.35. The first-order valence-electron chi connectivity index (χ1n) is 7.68. The smallest absolute Gasteiger partial charge is 0.182 e. The van der Waals surface area contributed by atoms with Crippen molar-refractivity contribution in [3.8, 4) is 0 Å². The van der Waals surface area contributed by atoms with Gasteiger partial charge in [-0.15, -0.1) is 0 Å². The normalized spacial score (nSPS) is 26.7. The monoisotopic (exact) mass is 313 g/mol. The molecule has 0 heterocycles. The fourth-order valence-electron chi connectivity index (χ4n) is 3.03. The Balaban J connectivity index is 2.27. The molecule has 1 saturated carbocycles. The largest absolute Gasteiger partial charge is 0.313 e. The standard InChI is InChI=1S/C16H24FNO2S/c1-3-10-18-15-9-4-12(2)11-16(15)21(19,20)14-7-5-13(17)6-8-14/h5-8,12,15-16,18H,3-4,9-11H2,1-2H3. The van der Waals surface area contributed by atoms with E-state index in [1.165, 1.54) is 24.3 Å². The van der Waals surface area contributed by atoms with E-state index in [0.717, 1.165) is 25.8 Å². The van der Waals surface area contributed by atoms with Crippen LogP contribution in [-0.2, 0) is 9.84 Å². The second kappa shape index (κ2) is 6.88. The van der Waals surface area contributed by atoms with Crippen LogP contribution in [0.3, 0.4) is 0 Å². The summed E-state index contributed by atoms with van der Waals surface area (Å²) in [5, 5.41) is 2.96. The maximum absolute atomic E-state index is 13.0. The van der Waals surface area contributed by atoms with Gasteiger partial charge in [-0.3, -0.25) is 0 Å². The number of sulfone groups is 1. The van der Waals surface area contributed by atoms with Crippen molar-refractivity contribution in [2.75, 3.05) is 6.54 Å². The lowest BCUT2D eigenvalue weighted by atomic mass is 9.87. The van der Waals surface area contributed by atoms with E-state index in [0.29, 0.717) is 12.3 Å². The van der Waals surface area contributed by atoms with E-state index in [1.54, 1.807) is 0 Å². The predicted molar refractivity (Wildman–Crippen MR) is 82.5 cm³/mol. The van der Waals surface area contributed by atoms with E-state index in [-0.39, 0.29) is 10.9 Å². The van der Waals surface area contributed by atoms with Gasteiger partial charge in [0, 0.05) is 6.04 Å². The third kappa shape index (κ3) is 3.83. The number of halogens is 1. The van der Waals surface area contributed by atoms with Crippen molar-refractivity contribution in [1.29, 1.82) is 0 Å². The minimum Gasteiger partial charge on any atom is -0.313 e. The first-order chi connectivity index (χ1) is 9.95. The maximum Gasteiger partial charge on any atom is 0.182 e. The molecule has 3 unspecified atom stereocenters. The molecule has 0 saturated heterocycles. The molecule has 1 aromatic carbocycles. The zero-order valence-corrected chi connectivity index (χ0v) is 13.5. The zero-order chi connectivity index (χ0) is 15.5. The number of hydrogen-bond acceptors (Lipinski definition) is 3. The minimum atomic E-state index is -3.42. The summed E-state index contributed by atoms with van der Waals surface area (Å²) in [6.45, 7) is 5.00. The quantitative estimate of drug-likeness (QED) is 0.849. The highest BCUT2D eigenvalue weighted by atomic mass is 32.2. The van der Waals surface area contributed by atoms with E-state index in [2.05, 4.69) is 19.2 Å². The molecule has 21 heavy (non-hydrogen) atoms. The number of rotatable bonds is 5. The second-order valence-electron chi connectivity index (χ2n) is 6.02. The topological polar surface area (TPSA) is 46.2 Å². The molecular weight excluding hydrogens is 289 g/mol. The average molecular weight is 313 g/mol. The van der Waals surface area contributed by atoms with Gasteiger partial charge in [-0.1, -0.05) is 13.8 Å². The Hall–Kier alpha value is -0.940. The Labute approximate surface area is 126 Å². The molecule has 3 atom stereocenters.